The Hall–Kier alpha value is -1.57. The van der Waals surface area contributed by atoms with Crippen LogP contribution in [0.5, 0.6) is 5.75 Å². The van der Waals surface area contributed by atoms with E-state index >= 15 is 0 Å². The predicted octanol–water partition coefficient (Wildman–Crippen LogP) is 5.21. The first-order valence-electron chi connectivity index (χ1n) is 6.32. The molecule has 0 aromatic heterocycles. The number of rotatable bonds is 5. The molecular weight excluding hydrogens is 357 g/mol. The van der Waals surface area contributed by atoms with Gasteiger partial charge in [-0.1, -0.05) is 30.3 Å². The largest absolute Gasteiger partial charge is 0.484 e. The lowest BCUT2D eigenvalue weighted by molar-refractivity contribution is 0.201. The predicted molar refractivity (Wildman–Crippen MR) is 84.0 cm³/mol. The van der Waals surface area contributed by atoms with E-state index in [0.29, 0.717) is 18.1 Å². The molecule has 0 bridgehead atoms. The molecule has 0 unspecified atom stereocenters. The molecule has 2 aromatic rings. The molecule has 0 saturated carbocycles. The second-order valence-electron chi connectivity index (χ2n) is 4.37. The van der Waals surface area contributed by atoms with Gasteiger partial charge in [0.25, 0.3) is 0 Å². The molecule has 21 heavy (non-hydrogen) atoms. The molecule has 1 atom stereocenters. The molecule has 0 aliphatic heterocycles. The van der Waals surface area contributed by atoms with Crippen LogP contribution in [0, 0.1) is 17.1 Å². The third-order valence-electron chi connectivity index (χ3n) is 2.95. The van der Waals surface area contributed by atoms with Crippen molar-refractivity contribution in [3.8, 4) is 11.8 Å². The number of nitriles is 1. The summed E-state index contributed by atoms with van der Waals surface area (Å²) in [7, 11) is 0. The summed E-state index contributed by atoms with van der Waals surface area (Å²) < 4.78 is 19.6. The fraction of sp³-hybridized carbons (Fsp3) is 0.188. The third-order valence-corrected chi connectivity index (χ3v) is 3.78. The number of nitrogens with zero attached hydrogens (tertiary/aromatic N) is 1. The van der Waals surface area contributed by atoms with E-state index in [-0.39, 0.29) is 16.1 Å². The van der Waals surface area contributed by atoms with Crippen molar-refractivity contribution >= 4 is 27.5 Å². The Morgan fingerprint density at radius 3 is 2.62 bits per heavy atom. The lowest BCUT2D eigenvalue weighted by Gasteiger charge is -2.19. The molecule has 0 aliphatic carbocycles. The van der Waals surface area contributed by atoms with Crippen LogP contribution in [0.25, 0.3) is 0 Å². The zero-order chi connectivity index (χ0) is 15.2. The lowest BCUT2D eigenvalue weighted by atomic mass is 10.1. The van der Waals surface area contributed by atoms with Crippen LogP contribution in [0.3, 0.4) is 0 Å². The third kappa shape index (κ3) is 3.96. The lowest BCUT2D eigenvalue weighted by Crippen LogP contribution is -2.09. The van der Waals surface area contributed by atoms with E-state index in [0.717, 1.165) is 11.6 Å². The van der Waals surface area contributed by atoms with Gasteiger partial charge < -0.3 is 4.74 Å². The number of halogens is 3. The Morgan fingerprint density at radius 2 is 2.00 bits per heavy atom. The van der Waals surface area contributed by atoms with Gasteiger partial charge in [-0.05, 0) is 33.6 Å². The van der Waals surface area contributed by atoms with Gasteiger partial charge in [0.1, 0.15) is 23.7 Å². The fourth-order valence-electron chi connectivity index (χ4n) is 1.93. The van der Waals surface area contributed by atoms with Crippen LogP contribution in [-0.2, 0) is 0 Å². The molecule has 0 heterocycles. The van der Waals surface area contributed by atoms with Crippen LogP contribution in [0.2, 0.25) is 0 Å². The van der Waals surface area contributed by atoms with Crippen molar-refractivity contribution in [2.75, 3.05) is 5.88 Å². The quantitative estimate of drug-likeness (QED) is 0.679. The second-order valence-corrected chi connectivity index (χ2v) is 5.60. The van der Waals surface area contributed by atoms with Crippen molar-refractivity contribution < 1.29 is 9.13 Å². The maximum Gasteiger partial charge on any atom is 0.139 e. The summed E-state index contributed by atoms with van der Waals surface area (Å²) in [6.45, 7) is 0. The smallest absolute Gasteiger partial charge is 0.139 e. The van der Waals surface area contributed by atoms with Gasteiger partial charge in [0.15, 0.2) is 0 Å². The van der Waals surface area contributed by atoms with Gasteiger partial charge >= 0.3 is 0 Å². The summed E-state index contributed by atoms with van der Waals surface area (Å²) in [4.78, 5) is 0. The molecule has 108 valence electrons. The minimum atomic E-state index is -0.493. The molecule has 0 saturated heterocycles. The van der Waals surface area contributed by atoms with E-state index < -0.39 is 5.82 Å². The standard InChI is InChI=1S/C16H12BrClFNO/c17-13-9-16(12(10-20)8-14(13)19)21-15(6-7-18)11-4-2-1-3-5-11/h1-5,8-9,15H,6-7H2/t15-/m1/s1. The minimum absolute atomic E-state index is 0.159. The maximum atomic E-state index is 13.5. The van der Waals surface area contributed by atoms with Gasteiger partial charge in [-0.2, -0.15) is 5.26 Å². The number of hydrogen-bond acceptors (Lipinski definition) is 2. The molecule has 5 heteroatoms. The molecule has 0 radical (unpaired) electrons. The maximum absolute atomic E-state index is 13.5. The van der Waals surface area contributed by atoms with E-state index in [4.69, 9.17) is 21.6 Å². The van der Waals surface area contributed by atoms with Crippen LogP contribution in [-0.4, -0.2) is 5.88 Å². The van der Waals surface area contributed by atoms with Crippen molar-refractivity contribution in [1.82, 2.24) is 0 Å². The van der Waals surface area contributed by atoms with Gasteiger partial charge in [-0.3, -0.25) is 0 Å². The van der Waals surface area contributed by atoms with E-state index in [1.165, 1.54) is 6.07 Å². The normalized spacial score (nSPS) is 11.7. The van der Waals surface area contributed by atoms with Crippen LogP contribution >= 0.6 is 27.5 Å². The second kappa shape index (κ2) is 7.44. The number of alkyl halides is 1. The molecule has 0 amide bonds. The van der Waals surface area contributed by atoms with Crippen LogP contribution in [0.15, 0.2) is 46.9 Å². The summed E-state index contributed by atoms with van der Waals surface area (Å²) in [6, 6.07) is 14.2. The summed E-state index contributed by atoms with van der Waals surface area (Å²) in [6.07, 6.45) is 0.305. The van der Waals surface area contributed by atoms with Crippen molar-refractivity contribution in [2.45, 2.75) is 12.5 Å². The highest BCUT2D eigenvalue weighted by Gasteiger charge is 2.16. The summed E-state index contributed by atoms with van der Waals surface area (Å²) in [5.41, 5.74) is 1.12. The molecule has 0 fully saturated rings. The zero-order valence-corrected chi connectivity index (χ0v) is 13.4. The van der Waals surface area contributed by atoms with Crippen molar-refractivity contribution in [1.29, 1.82) is 5.26 Å². The van der Waals surface area contributed by atoms with Gasteiger partial charge in [0.05, 0.1) is 10.0 Å². The number of benzene rings is 2. The van der Waals surface area contributed by atoms with Crippen LogP contribution in [0.1, 0.15) is 23.7 Å². The summed E-state index contributed by atoms with van der Waals surface area (Å²) in [5, 5.41) is 9.11. The first-order valence-corrected chi connectivity index (χ1v) is 7.65. The van der Waals surface area contributed by atoms with E-state index in [1.807, 2.05) is 36.4 Å². The average molecular weight is 369 g/mol. The average Bonchev–Trinajstić information content (AvgIpc) is 2.51. The highest BCUT2D eigenvalue weighted by atomic mass is 79.9. The number of hydrogen-bond donors (Lipinski definition) is 0. The first kappa shape index (κ1) is 15.8. The van der Waals surface area contributed by atoms with E-state index in [2.05, 4.69) is 15.9 Å². The van der Waals surface area contributed by atoms with Crippen molar-refractivity contribution in [2.24, 2.45) is 0 Å². The van der Waals surface area contributed by atoms with Gasteiger partial charge in [-0.25, -0.2) is 4.39 Å². The molecule has 0 spiro atoms. The Bertz CT molecular complexity index is 657. The first-order chi connectivity index (χ1) is 10.2. The van der Waals surface area contributed by atoms with Crippen molar-refractivity contribution in [3.63, 3.8) is 0 Å². The monoisotopic (exact) mass is 367 g/mol. The van der Waals surface area contributed by atoms with E-state index in [1.54, 1.807) is 0 Å². The fourth-order valence-corrected chi connectivity index (χ4v) is 2.45. The van der Waals surface area contributed by atoms with Gasteiger partial charge in [-0.15, -0.1) is 11.6 Å². The highest BCUT2D eigenvalue weighted by molar-refractivity contribution is 9.10. The van der Waals surface area contributed by atoms with Crippen LogP contribution in [0.4, 0.5) is 4.39 Å². The Labute approximate surface area is 136 Å². The Morgan fingerprint density at radius 1 is 1.29 bits per heavy atom. The zero-order valence-electron chi connectivity index (χ0n) is 11.0. The SMILES string of the molecule is N#Cc1cc(F)c(Br)cc1O[C@H](CCCl)c1ccccc1. The molecule has 0 N–H and O–H groups in total. The molecule has 0 aliphatic rings. The van der Waals surface area contributed by atoms with Crippen LogP contribution < -0.4 is 4.74 Å². The van der Waals surface area contributed by atoms with Crippen molar-refractivity contribution in [3.05, 3.63) is 63.9 Å². The van der Waals surface area contributed by atoms with Gasteiger partial charge in [0.2, 0.25) is 0 Å². The Balaban J connectivity index is 2.34. The minimum Gasteiger partial charge on any atom is -0.484 e. The Kier molecular flexibility index (Phi) is 5.60. The molecular formula is C16H12BrClFNO. The summed E-state index contributed by atoms with van der Waals surface area (Å²) >= 11 is 8.93. The number of ether oxygens (including phenoxy) is 1. The summed E-state index contributed by atoms with van der Waals surface area (Å²) in [5.74, 6) is 0.265. The topological polar surface area (TPSA) is 33.0 Å². The van der Waals surface area contributed by atoms with E-state index in [9.17, 15) is 4.39 Å². The molecule has 2 nitrogen and oxygen atoms in total. The molecule has 2 rings (SSSR count). The highest BCUT2D eigenvalue weighted by Crippen LogP contribution is 2.31. The van der Waals surface area contributed by atoms with Gasteiger partial charge in [0, 0.05) is 12.3 Å². The molecule has 2 aromatic carbocycles.